The second kappa shape index (κ2) is 13.3. The number of carbonyl (C=O) groups is 4. The molecule has 2 heterocycles. The first-order chi connectivity index (χ1) is 22.2. The van der Waals surface area contributed by atoms with Crippen LogP contribution in [-0.4, -0.2) is 72.9 Å². The lowest BCUT2D eigenvalue weighted by molar-refractivity contribution is -0.166. The maximum absolute atomic E-state index is 14.1. The molecule has 0 saturated carbocycles. The van der Waals surface area contributed by atoms with Crippen LogP contribution < -0.4 is 10.6 Å². The summed E-state index contributed by atoms with van der Waals surface area (Å²) in [5, 5.41) is 35.2. The summed E-state index contributed by atoms with van der Waals surface area (Å²) in [7, 11) is 0. The highest BCUT2D eigenvalue weighted by atomic mass is 32.2. The number of aliphatic hydroxyl groups excluding tert-OH is 1. The molecule has 0 aromatic heterocycles. The number of benzene rings is 3. The molecule has 2 saturated heterocycles. The summed E-state index contributed by atoms with van der Waals surface area (Å²) >= 11 is 1.28. The topological polar surface area (TPSA) is 166 Å². The normalized spacial score (nSPS) is 22.9. The first kappa shape index (κ1) is 33.8. The summed E-state index contributed by atoms with van der Waals surface area (Å²) < 4.78 is 5.37. The van der Waals surface area contributed by atoms with Gasteiger partial charge in [0.2, 0.25) is 11.8 Å². The van der Waals surface area contributed by atoms with Crippen molar-refractivity contribution >= 4 is 35.6 Å². The van der Waals surface area contributed by atoms with Crippen LogP contribution in [0.4, 0.5) is 4.79 Å². The number of hydrogen-bond acceptors (Lipinski definition) is 8. The molecule has 0 bridgehead atoms. The molecular weight excluding hydrogens is 622 g/mol. The summed E-state index contributed by atoms with van der Waals surface area (Å²) in [5.74, 6) is -2.77. The molecular formula is C35H39N3O8S. The van der Waals surface area contributed by atoms with Crippen molar-refractivity contribution in [1.82, 2.24) is 15.5 Å². The maximum Gasteiger partial charge on any atom is 0.408 e. The van der Waals surface area contributed by atoms with Crippen LogP contribution in [0.3, 0.4) is 0 Å². The van der Waals surface area contributed by atoms with Crippen LogP contribution in [0.15, 0.2) is 78.9 Å². The molecule has 11 nitrogen and oxygen atoms in total. The van der Waals surface area contributed by atoms with E-state index in [4.69, 9.17) is 4.74 Å². The van der Waals surface area contributed by atoms with Gasteiger partial charge in [0.05, 0.1) is 18.1 Å². The highest BCUT2D eigenvalue weighted by Gasteiger charge is 2.63. The fraction of sp³-hybridized carbons (Fsp3) is 0.371. The largest absolute Gasteiger partial charge is 0.508 e. The molecule has 2 aliphatic heterocycles. The van der Waals surface area contributed by atoms with Crippen LogP contribution in [0.2, 0.25) is 0 Å². The van der Waals surface area contributed by atoms with E-state index in [2.05, 4.69) is 10.6 Å². The minimum absolute atomic E-state index is 0.181. The summed E-state index contributed by atoms with van der Waals surface area (Å²) in [5.41, 5.74) is -0.0452. The molecule has 5 rings (SSSR count). The zero-order chi connectivity index (χ0) is 34.1. The quantitative estimate of drug-likeness (QED) is 0.212. The Morgan fingerprint density at radius 1 is 1.00 bits per heavy atom. The van der Waals surface area contributed by atoms with Crippen LogP contribution in [0.5, 0.6) is 5.75 Å². The molecule has 3 aromatic rings. The van der Waals surface area contributed by atoms with Crippen LogP contribution in [0.1, 0.15) is 61.9 Å². The molecule has 0 aliphatic carbocycles. The molecule has 47 heavy (non-hydrogen) atoms. The molecule has 0 spiro atoms. The fourth-order valence-corrected chi connectivity index (χ4v) is 7.78. The number of phenols is 1. The molecule has 3 amide bonds. The van der Waals surface area contributed by atoms with Crippen LogP contribution in [-0.2, 0) is 25.7 Å². The zero-order valence-electron chi connectivity index (χ0n) is 26.5. The van der Waals surface area contributed by atoms with Gasteiger partial charge >= 0.3 is 12.1 Å². The molecule has 5 atom stereocenters. The predicted molar refractivity (Wildman–Crippen MR) is 175 cm³/mol. The van der Waals surface area contributed by atoms with E-state index in [0.29, 0.717) is 0 Å². The third kappa shape index (κ3) is 6.79. The molecule has 5 N–H and O–H groups in total. The number of nitrogens with zero attached hydrogens (tertiary/aromatic N) is 1. The average Bonchev–Trinajstić information content (AvgIpc) is 3.03. The highest BCUT2D eigenvalue weighted by Crippen LogP contribution is 2.52. The van der Waals surface area contributed by atoms with E-state index >= 15 is 0 Å². The van der Waals surface area contributed by atoms with Gasteiger partial charge in [-0.05, 0) is 50.5 Å². The number of nitrogens with one attached hydrogen (secondary N) is 2. The lowest BCUT2D eigenvalue weighted by Gasteiger charge is -2.60. The van der Waals surface area contributed by atoms with Crippen LogP contribution in [0, 0.1) is 5.41 Å². The average molecular weight is 662 g/mol. The monoisotopic (exact) mass is 661 g/mol. The minimum Gasteiger partial charge on any atom is -0.508 e. The van der Waals surface area contributed by atoms with Crippen molar-refractivity contribution in [3.63, 3.8) is 0 Å². The smallest absolute Gasteiger partial charge is 0.408 e. The third-order valence-electron chi connectivity index (χ3n) is 8.54. The first-order valence-electron chi connectivity index (χ1n) is 15.2. The van der Waals surface area contributed by atoms with E-state index in [0.717, 1.165) is 11.1 Å². The maximum atomic E-state index is 14.1. The van der Waals surface area contributed by atoms with Gasteiger partial charge in [-0.2, -0.15) is 0 Å². The molecule has 4 unspecified atom stereocenters. The number of ether oxygens (including phenoxy) is 1. The second-order valence-corrected chi connectivity index (χ2v) is 14.1. The number of thioether (sulfide) groups is 1. The lowest BCUT2D eigenvalue weighted by atomic mass is 9.69. The molecule has 2 fully saturated rings. The Morgan fingerprint density at radius 3 is 2.11 bits per heavy atom. The standard InChI is InChI=1S/C35H39N3O8S/c1-34(2,3)46-33(45)37-26(22-15-16-23(18-39)24(40)17-22)29(41)36-27-30(42)38-28(35(4,32(43)44)19-47-31(27)38)25(20-11-7-5-8-12-20)21-13-9-6-10-14-21/h5-17,25-28,31,39-40H,18-19H2,1-4H3,(H,36,41)(H,37,45)(H,43,44)/t26?,27?,28?,31-,35?/m1/s1. The van der Waals surface area contributed by atoms with Crippen molar-refractivity contribution in [1.29, 1.82) is 0 Å². The van der Waals surface area contributed by atoms with Gasteiger partial charge in [0.25, 0.3) is 0 Å². The third-order valence-corrected chi connectivity index (χ3v) is 10.1. The van der Waals surface area contributed by atoms with Gasteiger partial charge in [0.15, 0.2) is 0 Å². The Bertz CT molecular complexity index is 1610. The second-order valence-electron chi connectivity index (χ2n) is 13.0. The Morgan fingerprint density at radius 2 is 1.60 bits per heavy atom. The Balaban J connectivity index is 1.47. The summed E-state index contributed by atoms with van der Waals surface area (Å²) in [6.07, 6.45) is -0.886. The Kier molecular flexibility index (Phi) is 9.55. The number of alkyl carbamates (subject to hydrolysis) is 1. The highest BCUT2D eigenvalue weighted by molar-refractivity contribution is 8.00. The van der Waals surface area contributed by atoms with Crippen molar-refractivity contribution in [2.75, 3.05) is 5.75 Å². The number of amides is 3. The van der Waals surface area contributed by atoms with Gasteiger partial charge in [-0.1, -0.05) is 72.8 Å². The number of fused-ring (bicyclic) bond motifs is 1. The number of rotatable bonds is 9. The van der Waals surface area contributed by atoms with E-state index < -0.39 is 70.9 Å². The Hall–Kier alpha value is -4.55. The number of carboxylic acid groups (broad SMARTS) is 1. The van der Waals surface area contributed by atoms with E-state index in [1.165, 1.54) is 30.0 Å². The van der Waals surface area contributed by atoms with Gasteiger partial charge in [0, 0.05) is 17.2 Å². The van der Waals surface area contributed by atoms with Gasteiger partial charge in [-0.15, -0.1) is 11.8 Å². The van der Waals surface area contributed by atoms with Crippen molar-refractivity contribution in [3.8, 4) is 5.75 Å². The van der Waals surface area contributed by atoms with Crippen molar-refractivity contribution in [3.05, 3.63) is 101 Å². The predicted octanol–water partition coefficient (Wildman–Crippen LogP) is 4.14. The van der Waals surface area contributed by atoms with Crippen LogP contribution in [0.25, 0.3) is 0 Å². The van der Waals surface area contributed by atoms with E-state index in [1.807, 2.05) is 60.7 Å². The number of carboxylic acids is 1. The Labute approximate surface area is 277 Å². The number of aliphatic hydroxyl groups is 1. The summed E-state index contributed by atoms with van der Waals surface area (Å²) in [4.78, 5) is 55.2. The number of hydrogen-bond donors (Lipinski definition) is 5. The van der Waals surface area contributed by atoms with E-state index in [-0.39, 0.29) is 22.6 Å². The number of aromatic hydroxyl groups is 1. The fourth-order valence-electron chi connectivity index (χ4n) is 6.19. The first-order valence-corrected chi connectivity index (χ1v) is 16.3. The molecule has 2 aliphatic rings. The summed E-state index contributed by atoms with van der Waals surface area (Å²) in [6.45, 7) is 6.24. The van der Waals surface area contributed by atoms with Gasteiger partial charge < -0.3 is 35.6 Å². The molecule has 3 aromatic carbocycles. The van der Waals surface area contributed by atoms with Crippen molar-refractivity contribution in [2.24, 2.45) is 5.41 Å². The SMILES string of the molecule is CC(C)(C)OC(=O)NC(C(=O)NC1C(=O)N2C(C(c3ccccc3)c3ccccc3)C(C)(C(=O)O)CS[C@H]12)c1ccc(CO)c(O)c1. The molecule has 0 radical (unpaired) electrons. The van der Waals surface area contributed by atoms with Crippen molar-refractivity contribution < 1.29 is 39.2 Å². The van der Waals surface area contributed by atoms with Gasteiger partial charge in [0.1, 0.15) is 28.8 Å². The lowest BCUT2D eigenvalue weighted by Crippen LogP contribution is -2.78. The number of carbonyl (C=O) groups excluding carboxylic acids is 3. The van der Waals surface area contributed by atoms with Gasteiger partial charge in [-0.25, -0.2) is 4.79 Å². The summed E-state index contributed by atoms with van der Waals surface area (Å²) in [6, 6.07) is 20.0. The van der Waals surface area contributed by atoms with Gasteiger partial charge in [-0.3, -0.25) is 14.4 Å². The zero-order valence-corrected chi connectivity index (χ0v) is 27.4. The minimum atomic E-state index is -1.36. The number of β-lactam (4-membered cyclic amide) rings is 1. The van der Waals surface area contributed by atoms with Crippen LogP contribution >= 0.6 is 11.8 Å². The molecule has 248 valence electrons. The van der Waals surface area contributed by atoms with E-state index in [1.54, 1.807) is 32.6 Å². The molecule has 12 heteroatoms. The van der Waals surface area contributed by atoms with Crippen molar-refractivity contribution in [2.45, 2.75) is 69.3 Å². The number of aliphatic carboxylic acids is 1. The van der Waals surface area contributed by atoms with E-state index in [9.17, 15) is 34.5 Å².